The highest BCUT2D eigenvalue weighted by atomic mass is 19.4. The molecule has 21 rings (SSSR count). The zero-order valence-corrected chi connectivity index (χ0v) is 56.0. The van der Waals surface area contributed by atoms with E-state index in [1.165, 1.54) is 0 Å². The summed E-state index contributed by atoms with van der Waals surface area (Å²) in [5.74, 6) is 0. The Morgan fingerprint density at radius 1 is 0.226 bits per heavy atom. The van der Waals surface area contributed by atoms with E-state index < -0.39 is 23.5 Å². The van der Waals surface area contributed by atoms with Gasteiger partial charge in [0.2, 0.25) is 0 Å². The third kappa shape index (κ3) is 8.94. The number of benzene rings is 15. The minimum absolute atomic E-state index is 0.0676. The highest BCUT2D eigenvalue weighted by molar-refractivity contribution is 6.18. The second kappa shape index (κ2) is 22.6. The van der Waals surface area contributed by atoms with Gasteiger partial charge in [-0.05, 0) is 174 Å². The first-order chi connectivity index (χ1) is 51.8. The summed E-state index contributed by atoms with van der Waals surface area (Å²) in [6.45, 7) is 9.24. The van der Waals surface area contributed by atoms with Crippen molar-refractivity contribution in [1.82, 2.24) is 27.4 Å². The van der Waals surface area contributed by atoms with Crippen LogP contribution in [0.25, 0.3) is 192 Å². The average molecular weight is 1380 g/mol. The van der Waals surface area contributed by atoms with Crippen LogP contribution >= 0.6 is 0 Å². The molecule has 0 atom stereocenters. The number of hydrogen-bond donors (Lipinski definition) is 0. The molecule has 13 heteroatoms. The summed E-state index contributed by atoms with van der Waals surface area (Å²) in [5, 5.41) is 12.2. The molecular formula is C93H53F6N7. The summed E-state index contributed by atoms with van der Waals surface area (Å²) in [6, 6.07) is 105. The lowest BCUT2D eigenvalue weighted by Crippen LogP contribution is -2.11. The zero-order chi connectivity index (χ0) is 71.0. The number of halogens is 6. The Balaban J connectivity index is 0.873. The normalized spacial score (nSPS) is 12.4. The summed E-state index contributed by atoms with van der Waals surface area (Å²) in [7, 11) is 0. The van der Waals surface area contributed by atoms with E-state index in [-0.39, 0.29) is 22.9 Å². The number of rotatable bonds is 8. The predicted octanol–water partition coefficient (Wildman–Crippen LogP) is 26.2. The Kier molecular flexibility index (Phi) is 13.0. The average Bonchev–Trinajstić information content (AvgIpc) is 1.55. The van der Waals surface area contributed by atoms with Gasteiger partial charge in [0.15, 0.2) is 5.69 Å². The lowest BCUT2D eigenvalue weighted by Gasteiger charge is -2.21. The molecule has 106 heavy (non-hydrogen) atoms. The fraction of sp³-hybridized carbons (Fsp3) is 0.0215. The molecule has 0 amide bonds. The minimum atomic E-state index is -5.14. The molecule has 0 N–H and O–H groups in total. The van der Waals surface area contributed by atoms with Gasteiger partial charge in [0.1, 0.15) is 0 Å². The van der Waals surface area contributed by atoms with Crippen LogP contribution in [0.3, 0.4) is 0 Å². The summed E-state index contributed by atoms with van der Waals surface area (Å²) >= 11 is 0. The van der Waals surface area contributed by atoms with E-state index in [4.69, 9.17) is 0 Å². The fourth-order valence-electron chi connectivity index (χ4n) is 17.2. The topological polar surface area (TPSA) is 33.9 Å². The van der Waals surface area contributed by atoms with Crippen LogP contribution in [0, 0.1) is 6.57 Å². The van der Waals surface area contributed by atoms with Gasteiger partial charge in [0.25, 0.3) is 0 Å². The van der Waals surface area contributed by atoms with E-state index in [1.807, 2.05) is 84.9 Å². The molecule has 0 aliphatic carbocycles. The Bertz CT molecular complexity index is 6820. The third-order valence-electron chi connectivity index (χ3n) is 21.6. The molecule has 7 nitrogen and oxygen atoms in total. The maximum Gasteiger partial charge on any atom is 0.416 e. The molecule has 21 aromatic rings. The molecule has 6 heterocycles. The second-order valence-electron chi connectivity index (χ2n) is 27.3. The van der Waals surface area contributed by atoms with Crippen molar-refractivity contribution >= 4 is 137 Å². The van der Waals surface area contributed by atoms with E-state index >= 15 is 26.3 Å². The first-order valence-electron chi connectivity index (χ1n) is 34.9. The maximum absolute atomic E-state index is 15.1. The van der Waals surface area contributed by atoms with Crippen LogP contribution in [0.15, 0.2) is 322 Å². The number of para-hydroxylation sites is 8. The molecule has 15 aromatic carbocycles. The monoisotopic (exact) mass is 1380 g/mol. The molecule has 0 saturated carbocycles. The standard InChI is InChI=1S/C93H53F6N7/c1-100-76-27-18-36-90(106-87-45-40-61(103-81-32-14-6-23-67(81)68-24-7-15-33-82(68)103)53-73(87)74-54-62(41-46-88(74)106)104-83-34-16-8-25-69(83)70-26-9-17-35-84(70)104)91(76)75-49-55(56-47-57(92(94,95)96)50-58(48-56)93(97,98)99)37-42-89(75)105-85-43-38-59(101-77-28-10-2-19-63(77)64-20-3-11-29-78(64)101)51-71(85)72-52-60(39-44-86(72)105)102-79-30-12-4-21-65(79)66-22-5-13-31-80(66)102/h2-54H. The van der Waals surface area contributed by atoms with Crippen LogP contribution in [0.2, 0.25) is 0 Å². The highest BCUT2D eigenvalue weighted by Crippen LogP contribution is 2.50. The Hall–Kier alpha value is -13.8. The lowest BCUT2D eigenvalue weighted by atomic mass is 9.93. The van der Waals surface area contributed by atoms with Gasteiger partial charge in [-0.1, -0.05) is 164 Å². The molecule has 0 fully saturated rings. The van der Waals surface area contributed by atoms with Crippen LogP contribution in [0.1, 0.15) is 11.1 Å². The molecule has 0 aliphatic rings. The smallest absolute Gasteiger partial charge is 0.310 e. The molecule has 502 valence electrons. The number of aromatic nitrogens is 6. The van der Waals surface area contributed by atoms with Gasteiger partial charge < -0.3 is 27.4 Å². The van der Waals surface area contributed by atoms with Crippen LogP contribution in [0.4, 0.5) is 32.0 Å². The number of alkyl halides is 6. The van der Waals surface area contributed by atoms with Crippen molar-refractivity contribution < 1.29 is 26.3 Å². The predicted molar refractivity (Wildman–Crippen MR) is 420 cm³/mol. The number of hydrogen-bond acceptors (Lipinski definition) is 0. The van der Waals surface area contributed by atoms with Crippen LogP contribution in [-0.4, -0.2) is 27.4 Å². The summed E-state index contributed by atoms with van der Waals surface area (Å²) in [5.41, 5.74) is 13.7. The molecule has 0 unspecified atom stereocenters. The Labute approximate surface area is 599 Å². The van der Waals surface area contributed by atoms with Crippen LogP contribution in [0.5, 0.6) is 0 Å². The van der Waals surface area contributed by atoms with Crippen LogP contribution < -0.4 is 0 Å². The summed E-state index contributed by atoms with van der Waals surface area (Å²) in [4.78, 5) is 4.33. The van der Waals surface area contributed by atoms with Crippen molar-refractivity contribution in [3.63, 3.8) is 0 Å². The van der Waals surface area contributed by atoms with E-state index in [1.54, 1.807) is 24.3 Å². The summed E-state index contributed by atoms with van der Waals surface area (Å²) in [6.07, 6.45) is -10.3. The first kappa shape index (κ1) is 60.9. The molecule has 0 saturated heterocycles. The lowest BCUT2D eigenvalue weighted by molar-refractivity contribution is -0.143. The Morgan fingerprint density at radius 3 is 0.802 bits per heavy atom. The fourth-order valence-corrected chi connectivity index (χ4v) is 17.2. The van der Waals surface area contributed by atoms with Gasteiger partial charge in [-0.2, -0.15) is 26.3 Å². The first-order valence-corrected chi connectivity index (χ1v) is 34.9. The quantitative estimate of drug-likeness (QED) is 0.107. The SMILES string of the molecule is [C-]#[N+]c1cccc(-n2c3ccc(-n4c5ccccc5c5ccccc54)cc3c3cc(-n4c5ccccc5c5ccccc54)ccc32)c1-c1cc(-c2cc(C(F)(F)F)cc(C(F)(F)F)c2)ccc1-n1c2ccc(-n3c4ccccc4c4ccccc43)cc2c2cc(-n3c4ccccc4c4ccccc43)ccc21. The molecular weight excluding hydrogens is 1330 g/mol. The van der Waals surface area contributed by atoms with Crippen molar-refractivity contribution in [3.8, 4) is 56.4 Å². The maximum atomic E-state index is 15.1. The minimum Gasteiger partial charge on any atom is -0.310 e. The van der Waals surface area contributed by atoms with Gasteiger partial charge in [-0.25, -0.2) is 4.85 Å². The van der Waals surface area contributed by atoms with Gasteiger partial charge in [0, 0.05) is 98.6 Å². The zero-order valence-electron chi connectivity index (χ0n) is 56.0. The second-order valence-corrected chi connectivity index (χ2v) is 27.3. The summed E-state index contributed by atoms with van der Waals surface area (Å²) < 4.78 is 104. The van der Waals surface area contributed by atoms with E-state index in [2.05, 4.69) is 226 Å². The largest absolute Gasteiger partial charge is 0.416 e. The van der Waals surface area contributed by atoms with Gasteiger partial charge in [0.05, 0.1) is 89.6 Å². The van der Waals surface area contributed by atoms with E-state index in [9.17, 15) is 6.57 Å². The molecule has 6 aromatic heterocycles. The van der Waals surface area contributed by atoms with Crippen molar-refractivity contribution in [3.05, 3.63) is 344 Å². The third-order valence-corrected chi connectivity index (χ3v) is 21.6. The van der Waals surface area contributed by atoms with Crippen molar-refractivity contribution in [2.45, 2.75) is 12.4 Å². The van der Waals surface area contributed by atoms with Crippen molar-refractivity contribution in [2.75, 3.05) is 0 Å². The van der Waals surface area contributed by atoms with Gasteiger partial charge >= 0.3 is 12.4 Å². The highest BCUT2D eigenvalue weighted by Gasteiger charge is 2.38. The molecule has 0 spiro atoms. The van der Waals surface area contributed by atoms with Crippen LogP contribution in [-0.2, 0) is 12.4 Å². The van der Waals surface area contributed by atoms with Crippen molar-refractivity contribution in [1.29, 1.82) is 0 Å². The Morgan fingerprint density at radius 2 is 0.509 bits per heavy atom. The molecule has 0 radical (unpaired) electrons. The molecule has 0 bridgehead atoms. The van der Waals surface area contributed by atoms with E-state index in [0.717, 1.165) is 166 Å². The van der Waals surface area contributed by atoms with Gasteiger partial charge in [-0.3, -0.25) is 0 Å². The number of fused-ring (bicyclic) bond motifs is 18. The number of nitrogens with zero attached hydrogens (tertiary/aromatic N) is 7. The van der Waals surface area contributed by atoms with Gasteiger partial charge in [-0.15, -0.1) is 0 Å². The van der Waals surface area contributed by atoms with Crippen molar-refractivity contribution in [2.24, 2.45) is 0 Å². The molecule has 0 aliphatic heterocycles. The van der Waals surface area contributed by atoms with E-state index in [0.29, 0.717) is 22.5 Å².